The minimum absolute atomic E-state index is 0.151. The molecule has 0 aromatic heterocycles. The Bertz CT molecular complexity index is 976. The number of anilines is 1. The summed E-state index contributed by atoms with van der Waals surface area (Å²) in [6, 6.07) is 4.51. The Morgan fingerprint density at radius 3 is 1.38 bits per heavy atom. The van der Waals surface area contributed by atoms with Crippen molar-refractivity contribution in [1.82, 2.24) is 0 Å². The molecule has 0 fully saturated rings. The second kappa shape index (κ2) is 11.1. The number of halogens is 17. The molecule has 40 heavy (non-hydrogen) atoms. The van der Waals surface area contributed by atoms with Crippen LogP contribution in [-0.2, 0) is 0 Å². The fourth-order valence-corrected chi connectivity index (χ4v) is 3.04. The van der Waals surface area contributed by atoms with Crippen LogP contribution in [0, 0.1) is 0 Å². The molecule has 0 atom stereocenters. The minimum atomic E-state index is -8.66. The monoisotopic (exact) mass is 627 g/mol. The summed E-state index contributed by atoms with van der Waals surface area (Å²) < 4.78 is 233. The molecule has 1 aromatic carbocycles. The Balaban J connectivity index is 3.41. The van der Waals surface area contributed by atoms with Crippen LogP contribution in [0.3, 0.4) is 0 Å². The highest BCUT2D eigenvalue weighted by molar-refractivity contribution is 5.49. The van der Waals surface area contributed by atoms with Crippen LogP contribution in [-0.4, -0.2) is 79.0 Å². The van der Waals surface area contributed by atoms with Crippen molar-refractivity contribution in [2.45, 2.75) is 61.0 Å². The Hall–Kier alpha value is -2.41. The first-order valence-corrected chi connectivity index (χ1v) is 10.5. The van der Waals surface area contributed by atoms with E-state index in [4.69, 9.17) is 9.84 Å². The van der Waals surface area contributed by atoms with Gasteiger partial charge in [0.2, 0.25) is 0 Å². The van der Waals surface area contributed by atoms with Crippen LogP contribution in [0.5, 0.6) is 5.75 Å². The van der Waals surface area contributed by atoms with E-state index in [0.717, 1.165) is 12.1 Å². The Kier molecular flexibility index (Phi) is 9.89. The number of nitrogens with zero attached hydrogens (tertiary/aromatic N) is 1. The van der Waals surface area contributed by atoms with Gasteiger partial charge in [-0.3, -0.25) is 0 Å². The van der Waals surface area contributed by atoms with Gasteiger partial charge in [0.25, 0.3) is 0 Å². The van der Waals surface area contributed by atoms with Crippen LogP contribution in [0.4, 0.5) is 80.3 Å². The first-order chi connectivity index (χ1) is 17.7. The lowest BCUT2D eigenvalue weighted by Crippen LogP contribution is -2.74. The molecule has 0 unspecified atom stereocenters. The minimum Gasteiger partial charge on any atom is -0.494 e. The normalized spacial score (nSPS) is 14.9. The number of rotatable bonds is 14. The molecule has 0 radical (unpaired) electrons. The van der Waals surface area contributed by atoms with Crippen LogP contribution >= 0.6 is 0 Å². The molecule has 0 saturated carbocycles. The molecular weight excluding hydrogens is 609 g/mol. The number of benzene rings is 1. The van der Waals surface area contributed by atoms with Gasteiger partial charge in [-0.05, 0) is 31.2 Å². The lowest BCUT2D eigenvalue weighted by atomic mass is 9.88. The van der Waals surface area contributed by atoms with E-state index in [9.17, 15) is 74.6 Å². The van der Waals surface area contributed by atoms with Gasteiger partial charge in [-0.15, -0.1) is 0 Å². The molecule has 234 valence electrons. The predicted molar refractivity (Wildman–Crippen MR) is 102 cm³/mol. The van der Waals surface area contributed by atoms with Crippen molar-refractivity contribution in [2.75, 3.05) is 31.2 Å². The molecule has 20 heteroatoms. The van der Waals surface area contributed by atoms with E-state index in [-0.39, 0.29) is 18.0 Å². The van der Waals surface area contributed by atoms with Crippen molar-refractivity contribution >= 4 is 5.69 Å². The molecule has 0 heterocycles. The van der Waals surface area contributed by atoms with Crippen LogP contribution in [0.1, 0.15) is 13.3 Å². The fourth-order valence-electron chi connectivity index (χ4n) is 3.04. The maximum atomic E-state index is 14.2. The molecule has 0 aliphatic rings. The van der Waals surface area contributed by atoms with E-state index in [2.05, 4.69) is 0 Å². The third-order valence-electron chi connectivity index (χ3n) is 5.37. The number of ether oxygens (including phenoxy) is 1. The Morgan fingerprint density at radius 1 is 0.600 bits per heavy atom. The van der Waals surface area contributed by atoms with E-state index >= 15 is 0 Å². The zero-order valence-electron chi connectivity index (χ0n) is 19.6. The van der Waals surface area contributed by atoms with Crippen LogP contribution < -0.4 is 9.64 Å². The fraction of sp³-hybridized carbons (Fsp3) is 0.700. The summed E-state index contributed by atoms with van der Waals surface area (Å²) >= 11 is 0. The van der Waals surface area contributed by atoms with Crippen molar-refractivity contribution in [1.29, 1.82) is 0 Å². The Labute approximate surface area is 213 Å². The average Bonchev–Trinajstić information content (AvgIpc) is 2.81. The van der Waals surface area contributed by atoms with Gasteiger partial charge in [0.05, 0.1) is 13.2 Å². The van der Waals surface area contributed by atoms with E-state index in [0.29, 0.717) is 4.90 Å². The van der Waals surface area contributed by atoms with Gasteiger partial charge in [-0.25, -0.2) is 0 Å². The highest BCUT2D eigenvalue weighted by Crippen LogP contribution is 2.64. The Morgan fingerprint density at radius 2 is 1.00 bits per heavy atom. The van der Waals surface area contributed by atoms with Crippen molar-refractivity contribution in [2.24, 2.45) is 0 Å². The largest absolute Gasteiger partial charge is 0.494 e. The SMILES string of the molecule is CCOc1ccc(N(CCO)CCC(F)(F)C(F)(F)C(F)(F)C(F)(F)C(F)(F)C(F)(F)C(F)(F)C(F)(F)F)cc1. The third kappa shape index (κ3) is 5.68. The maximum Gasteiger partial charge on any atom is 0.460 e. The molecule has 0 aliphatic heterocycles. The van der Waals surface area contributed by atoms with E-state index in [1.807, 2.05) is 0 Å². The van der Waals surface area contributed by atoms with Crippen molar-refractivity contribution in [3.63, 3.8) is 0 Å². The summed E-state index contributed by atoms with van der Waals surface area (Å²) in [5, 5.41) is 9.03. The summed E-state index contributed by atoms with van der Waals surface area (Å²) in [6.07, 6.45) is -10.4. The van der Waals surface area contributed by atoms with Gasteiger partial charge in [-0.2, -0.15) is 74.6 Å². The van der Waals surface area contributed by atoms with E-state index < -0.39 is 73.8 Å². The number of aliphatic hydroxyl groups is 1. The number of hydrogen-bond acceptors (Lipinski definition) is 3. The van der Waals surface area contributed by atoms with Gasteiger partial charge in [-0.1, -0.05) is 0 Å². The molecule has 0 saturated heterocycles. The molecular formula is C20H18F17NO2. The van der Waals surface area contributed by atoms with Crippen LogP contribution in [0.2, 0.25) is 0 Å². The standard InChI is InChI=1S/C20H18F17NO2/c1-2-40-12-5-3-11(4-6-12)38(9-10-39)8-7-13(21,22)14(23,24)15(25,26)16(27,28)17(29,30)18(31,32)19(33,34)20(35,36)37/h3-6,39H,2,7-10H2,1H3. The number of hydrogen-bond donors (Lipinski definition) is 1. The third-order valence-corrected chi connectivity index (χ3v) is 5.37. The van der Waals surface area contributed by atoms with Gasteiger partial charge >= 0.3 is 47.6 Å². The zero-order chi connectivity index (χ0) is 31.8. The average molecular weight is 627 g/mol. The van der Waals surface area contributed by atoms with E-state index in [1.165, 1.54) is 12.1 Å². The first-order valence-electron chi connectivity index (χ1n) is 10.5. The van der Waals surface area contributed by atoms with Crippen LogP contribution in [0.15, 0.2) is 24.3 Å². The zero-order valence-corrected chi connectivity index (χ0v) is 19.6. The summed E-state index contributed by atoms with van der Waals surface area (Å²) in [7, 11) is 0. The van der Waals surface area contributed by atoms with E-state index in [1.54, 1.807) is 6.92 Å². The second-order valence-corrected chi connectivity index (χ2v) is 8.04. The molecule has 0 bridgehead atoms. The lowest BCUT2D eigenvalue weighted by Gasteiger charge is -2.43. The summed E-state index contributed by atoms with van der Waals surface area (Å²) in [5.74, 6) is -56.4. The van der Waals surface area contributed by atoms with Crippen molar-refractivity contribution in [3.05, 3.63) is 24.3 Å². The summed E-state index contributed by atoms with van der Waals surface area (Å²) in [5.41, 5.74) is -0.186. The van der Waals surface area contributed by atoms with Crippen LogP contribution in [0.25, 0.3) is 0 Å². The van der Waals surface area contributed by atoms with Crippen molar-refractivity contribution in [3.8, 4) is 5.75 Å². The number of aliphatic hydroxyl groups excluding tert-OH is 1. The molecule has 1 N–H and O–H groups in total. The first kappa shape index (κ1) is 35.6. The maximum absolute atomic E-state index is 14.2. The molecule has 3 nitrogen and oxygen atoms in total. The second-order valence-electron chi connectivity index (χ2n) is 8.04. The molecule has 0 aliphatic carbocycles. The molecule has 0 spiro atoms. The van der Waals surface area contributed by atoms with Gasteiger partial charge in [0, 0.05) is 25.2 Å². The van der Waals surface area contributed by atoms with Gasteiger partial charge < -0.3 is 14.7 Å². The molecule has 1 rings (SSSR count). The van der Waals surface area contributed by atoms with Crippen molar-refractivity contribution < 1.29 is 84.5 Å². The summed E-state index contributed by atoms with van der Waals surface area (Å²) in [4.78, 5) is 0.586. The smallest absolute Gasteiger partial charge is 0.460 e. The number of alkyl halides is 17. The molecule has 1 aromatic rings. The predicted octanol–water partition coefficient (Wildman–Crippen LogP) is 7.28. The topological polar surface area (TPSA) is 32.7 Å². The highest BCUT2D eigenvalue weighted by atomic mass is 19.4. The quantitative estimate of drug-likeness (QED) is 0.220. The van der Waals surface area contributed by atoms with Gasteiger partial charge in [0.15, 0.2) is 0 Å². The highest BCUT2D eigenvalue weighted by Gasteiger charge is 2.95. The molecule has 0 amide bonds. The van der Waals surface area contributed by atoms with Gasteiger partial charge in [0.1, 0.15) is 5.75 Å². The summed E-state index contributed by atoms with van der Waals surface area (Å²) in [6.45, 7) is -1.40. The lowest BCUT2D eigenvalue weighted by molar-refractivity contribution is -0.461.